The van der Waals surface area contributed by atoms with Crippen molar-refractivity contribution in [3.63, 3.8) is 0 Å². The van der Waals surface area contributed by atoms with Crippen molar-refractivity contribution >= 4 is 16.5 Å². The molecule has 1 aromatic heterocycles. The van der Waals surface area contributed by atoms with Gasteiger partial charge in [-0.15, -0.1) is 5.10 Å². The SMILES string of the molecule is Nc1snnc1CN1CCC2CCCCC2C1. The molecule has 2 N–H and O–H groups in total. The first kappa shape index (κ1) is 11.4. The maximum absolute atomic E-state index is 5.86. The zero-order valence-electron chi connectivity index (χ0n) is 10.1. The lowest BCUT2D eigenvalue weighted by molar-refractivity contribution is 0.0813. The van der Waals surface area contributed by atoms with E-state index in [1.165, 1.54) is 56.7 Å². The van der Waals surface area contributed by atoms with Gasteiger partial charge in [0.05, 0.1) is 0 Å². The van der Waals surface area contributed by atoms with Crippen LogP contribution in [0.3, 0.4) is 0 Å². The molecule has 0 aromatic carbocycles. The zero-order chi connectivity index (χ0) is 11.7. The van der Waals surface area contributed by atoms with Crippen LogP contribution in [0.25, 0.3) is 0 Å². The highest BCUT2D eigenvalue weighted by atomic mass is 32.1. The second kappa shape index (κ2) is 4.90. The smallest absolute Gasteiger partial charge is 0.132 e. The van der Waals surface area contributed by atoms with Gasteiger partial charge in [-0.2, -0.15) is 0 Å². The molecule has 2 fully saturated rings. The average molecular weight is 252 g/mol. The first-order chi connectivity index (χ1) is 8.33. The molecule has 2 atom stereocenters. The Morgan fingerprint density at radius 3 is 2.82 bits per heavy atom. The molecule has 1 saturated carbocycles. The minimum Gasteiger partial charge on any atom is -0.388 e. The van der Waals surface area contributed by atoms with Gasteiger partial charge in [-0.3, -0.25) is 4.90 Å². The fourth-order valence-corrected chi connectivity index (χ4v) is 3.79. The molecule has 2 heterocycles. The molecule has 0 radical (unpaired) electrons. The van der Waals surface area contributed by atoms with Gasteiger partial charge in [0, 0.05) is 24.6 Å². The molecule has 1 aliphatic heterocycles. The summed E-state index contributed by atoms with van der Waals surface area (Å²) in [6.07, 6.45) is 7.12. The Balaban J connectivity index is 1.60. The number of anilines is 1. The number of hydrogen-bond donors (Lipinski definition) is 1. The number of piperidine rings is 1. The van der Waals surface area contributed by atoms with E-state index < -0.39 is 0 Å². The summed E-state index contributed by atoms with van der Waals surface area (Å²) >= 11 is 1.31. The van der Waals surface area contributed by atoms with Gasteiger partial charge >= 0.3 is 0 Å². The third-order valence-corrected chi connectivity index (χ3v) is 4.93. The third kappa shape index (κ3) is 2.45. The van der Waals surface area contributed by atoms with Gasteiger partial charge in [0.2, 0.25) is 0 Å². The van der Waals surface area contributed by atoms with Crippen LogP contribution in [-0.2, 0) is 6.54 Å². The molecule has 4 nitrogen and oxygen atoms in total. The Morgan fingerprint density at radius 2 is 2.06 bits per heavy atom. The van der Waals surface area contributed by atoms with Gasteiger partial charge in [0.15, 0.2) is 0 Å². The summed E-state index contributed by atoms with van der Waals surface area (Å²) in [6.45, 7) is 3.34. The normalized spacial score (nSPS) is 30.1. The van der Waals surface area contributed by atoms with Crippen molar-refractivity contribution in [3.8, 4) is 0 Å². The summed E-state index contributed by atoms with van der Waals surface area (Å²) in [5, 5.41) is 4.90. The van der Waals surface area contributed by atoms with E-state index in [4.69, 9.17) is 5.73 Å². The Labute approximate surface area is 106 Å². The highest BCUT2D eigenvalue weighted by Gasteiger charge is 2.31. The summed E-state index contributed by atoms with van der Waals surface area (Å²) < 4.78 is 3.91. The minimum atomic E-state index is 0.788. The van der Waals surface area contributed by atoms with Crippen LogP contribution < -0.4 is 5.73 Å². The van der Waals surface area contributed by atoms with E-state index in [9.17, 15) is 0 Å². The van der Waals surface area contributed by atoms with Crippen LogP contribution in [0.5, 0.6) is 0 Å². The lowest BCUT2D eigenvalue weighted by atomic mass is 9.75. The molecule has 2 unspecified atom stereocenters. The lowest BCUT2D eigenvalue weighted by Crippen LogP contribution is -2.41. The molecule has 1 saturated heterocycles. The van der Waals surface area contributed by atoms with Gasteiger partial charge in [0.1, 0.15) is 10.7 Å². The summed E-state index contributed by atoms with van der Waals surface area (Å²) in [4.78, 5) is 2.51. The quantitative estimate of drug-likeness (QED) is 0.876. The number of rotatable bonds is 2. The molecule has 94 valence electrons. The van der Waals surface area contributed by atoms with Crippen LogP contribution in [0.15, 0.2) is 0 Å². The Bertz CT molecular complexity index is 378. The van der Waals surface area contributed by atoms with E-state index in [1.54, 1.807) is 0 Å². The van der Waals surface area contributed by atoms with E-state index in [1.807, 2.05) is 0 Å². The van der Waals surface area contributed by atoms with Gasteiger partial charge < -0.3 is 5.73 Å². The Kier molecular flexibility index (Phi) is 3.29. The molecule has 17 heavy (non-hydrogen) atoms. The number of hydrogen-bond acceptors (Lipinski definition) is 5. The molecular weight excluding hydrogens is 232 g/mol. The fourth-order valence-electron chi connectivity index (χ4n) is 3.36. The largest absolute Gasteiger partial charge is 0.388 e. The molecule has 3 rings (SSSR count). The summed E-state index contributed by atoms with van der Waals surface area (Å²) in [7, 11) is 0. The standard InChI is InChI=1S/C12H20N4S/c13-12-11(14-15-17-12)8-16-6-5-9-3-1-2-4-10(9)7-16/h9-10H,1-8,13H2. The van der Waals surface area contributed by atoms with Crippen LogP contribution in [0.2, 0.25) is 0 Å². The molecule has 5 heteroatoms. The predicted octanol–water partition coefficient (Wildman–Crippen LogP) is 2.13. The van der Waals surface area contributed by atoms with Crippen molar-refractivity contribution in [2.75, 3.05) is 18.8 Å². The van der Waals surface area contributed by atoms with Crippen molar-refractivity contribution < 1.29 is 0 Å². The van der Waals surface area contributed by atoms with Crippen LogP contribution in [0, 0.1) is 11.8 Å². The van der Waals surface area contributed by atoms with Crippen LogP contribution in [-0.4, -0.2) is 27.6 Å². The van der Waals surface area contributed by atoms with Gasteiger partial charge in [-0.05, 0) is 31.2 Å². The second-order valence-corrected chi connectivity index (χ2v) is 6.20. The third-order valence-electron chi connectivity index (χ3n) is 4.33. The van der Waals surface area contributed by atoms with E-state index >= 15 is 0 Å². The highest BCUT2D eigenvalue weighted by molar-refractivity contribution is 7.09. The van der Waals surface area contributed by atoms with Gasteiger partial charge in [-0.1, -0.05) is 23.8 Å². The van der Waals surface area contributed by atoms with Crippen molar-refractivity contribution in [3.05, 3.63) is 5.69 Å². The van der Waals surface area contributed by atoms with E-state index in [2.05, 4.69) is 14.5 Å². The highest BCUT2D eigenvalue weighted by Crippen LogP contribution is 2.36. The van der Waals surface area contributed by atoms with Crippen molar-refractivity contribution in [1.82, 2.24) is 14.5 Å². The first-order valence-corrected chi connectivity index (χ1v) is 7.39. The molecule has 1 aromatic rings. The number of nitrogens with zero attached hydrogens (tertiary/aromatic N) is 3. The maximum Gasteiger partial charge on any atom is 0.132 e. The molecule has 0 spiro atoms. The molecule has 2 aliphatic rings. The predicted molar refractivity (Wildman–Crippen MR) is 69.7 cm³/mol. The molecule has 0 bridgehead atoms. The van der Waals surface area contributed by atoms with Crippen LogP contribution in [0.1, 0.15) is 37.8 Å². The average Bonchev–Trinajstić information content (AvgIpc) is 2.75. The minimum absolute atomic E-state index is 0.788. The maximum atomic E-state index is 5.86. The summed E-state index contributed by atoms with van der Waals surface area (Å²) in [5.41, 5.74) is 6.83. The van der Waals surface area contributed by atoms with E-state index in [-0.39, 0.29) is 0 Å². The number of nitrogens with two attached hydrogens (primary N) is 1. The first-order valence-electron chi connectivity index (χ1n) is 6.62. The molecule has 1 aliphatic carbocycles. The fraction of sp³-hybridized carbons (Fsp3) is 0.833. The van der Waals surface area contributed by atoms with Crippen molar-refractivity contribution in [1.29, 1.82) is 0 Å². The summed E-state index contributed by atoms with van der Waals surface area (Å²) in [5.74, 6) is 1.91. The van der Waals surface area contributed by atoms with Crippen LogP contribution in [0.4, 0.5) is 5.00 Å². The van der Waals surface area contributed by atoms with Crippen molar-refractivity contribution in [2.45, 2.75) is 38.6 Å². The molecular formula is C12H20N4S. The topological polar surface area (TPSA) is 55.0 Å². The Hall–Kier alpha value is -0.680. The van der Waals surface area contributed by atoms with Gasteiger partial charge in [0.25, 0.3) is 0 Å². The number of fused-ring (bicyclic) bond motifs is 1. The number of nitrogen functional groups attached to an aromatic ring is 1. The van der Waals surface area contributed by atoms with E-state index in [0.717, 1.165) is 29.1 Å². The number of aromatic nitrogens is 2. The van der Waals surface area contributed by atoms with E-state index in [0.29, 0.717) is 0 Å². The second-order valence-electron chi connectivity index (χ2n) is 5.41. The lowest BCUT2D eigenvalue weighted by Gasteiger charge is -2.41. The van der Waals surface area contributed by atoms with Gasteiger partial charge in [-0.25, -0.2) is 0 Å². The molecule has 0 amide bonds. The van der Waals surface area contributed by atoms with Crippen LogP contribution >= 0.6 is 11.5 Å². The Morgan fingerprint density at radius 1 is 1.24 bits per heavy atom. The monoisotopic (exact) mass is 252 g/mol. The van der Waals surface area contributed by atoms with Crippen molar-refractivity contribution in [2.24, 2.45) is 11.8 Å². The number of likely N-dealkylation sites (tertiary alicyclic amines) is 1. The summed E-state index contributed by atoms with van der Waals surface area (Å²) in [6, 6.07) is 0. The zero-order valence-corrected chi connectivity index (χ0v) is 11.0.